The molecule has 0 aliphatic carbocycles. The van der Waals surface area contributed by atoms with Crippen LogP contribution in [-0.4, -0.2) is 29.4 Å². The molecule has 0 fully saturated rings. The van der Waals surface area contributed by atoms with Crippen molar-refractivity contribution in [3.05, 3.63) is 10.6 Å². The maximum absolute atomic E-state index is 11.5. The molecule has 1 aromatic rings. The van der Waals surface area contributed by atoms with Crippen LogP contribution in [0, 0.1) is 0 Å². The number of anilines is 1. The Balaban J connectivity index is 2.48. The summed E-state index contributed by atoms with van der Waals surface area (Å²) < 4.78 is 0. The van der Waals surface area contributed by atoms with E-state index < -0.39 is 0 Å². The Morgan fingerprint density at radius 1 is 1.67 bits per heavy atom. The van der Waals surface area contributed by atoms with Gasteiger partial charge >= 0.3 is 0 Å². The van der Waals surface area contributed by atoms with Crippen molar-refractivity contribution in [1.82, 2.24) is 9.88 Å². The third kappa shape index (κ3) is 0.972. The highest BCUT2D eigenvalue weighted by Gasteiger charge is 2.24. The van der Waals surface area contributed by atoms with E-state index in [1.54, 1.807) is 11.9 Å². The minimum atomic E-state index is 0.0467. The first kappa shape index (κ1) is 7.54. The van der Waals surface area contributed by atoms with Crippen LogP contribution in [0.25, 0.3) is 0 Å². The van der Waals surface area contributed by atoms with Gasteiger partial charge in [-0.2, -0.15) is 0 Å². The number of carbonyl (C=O) groups is 1. The van der Waals surface area contributed by atoms with Crippen LogP contribution in [0.1, 0.15) is 15.4 Å². The molecule has 2 rings (SSSR count). The number of nitrogens with zero attached hydrogens (tertiary/aromatic N) is 2. The molecule has 2 heterocycles. The summed E-state index contributed by atoms with van der Waals surface area (Å²) in [6, 6.07) is 0. The summed E-state index contributed by atoms with van der Waals surface area (Å²) in [5.41, 5.74) is 6.36. The number of thiazole rings is 1. The summed E-state index contributed by atoms with van der Waals surface area (Å²) in [7, 11) is 1.79. The first-order chi connectivity index (χ1) is 5.68. The van der Waals surface area contributed by atoms with E-state index in [2.05, 4.69) is 4.98 Å². The summed E-state index contributed by atoms with van der Waals surface area (Å²) in [4.78, 5) is 18.0. The van der Waals surface area contributed by atoms with Gasteiger partial charge in [-0.15, -0.1) is 0 Å². The number of hydrogen-bond acceptors (Lipinski definition) is 4. The number of amides is 1. The third-order valence-electron chi connectivity index (χ3n) is 1.94. The molecular formula is C7H9N3OS. The molecule has 12 heavy (non-hydrogen) atoms. The van der Waals surface area contributed by atoms with Gasteiger partial charge in [0, 0.05) is 20.0 Å². The van der Waals surface area contributed by atoms with E-state index in [9.17, 15) is 4.79 Å². The molecule has 2 N–H and O–H groups in total. The van der Waals surface area contributed by atoms with Crippen LogP contribution in [0.2, 0.25) is 0 Å². The average Bonchev–Trinajstić information content (AvgIpc) is 2.39. The lowest BCUT2D eigenvalue weighted by Crippen LogP contribution is -2.33. The molecular weight excluding hydrogens is 174 g/mol. The van der Waals surface area contributed by atoms with Gasteiger partial charge < -0.3 is 10.6 Å². The van der Waals surface area contributed by atoms with Gasteiger partial charge in [-0.1, -0.05) is 11.3 Å². The molecule has 0 bridgehead atoms. The molecule has 0 aromatic carbocycles. The summed E-state index contributed by atoms with van der Waals surface area (Å²) >= 11 is 1.28. The quantitative estimate of drug-likeness (QED) is 0.631. The molecule has 64 valence electrons. The highest BCUT2D eigenvalue weighted by molar-refractivity contribution is 7.17. The van der Waals surface area contributed by atoms with Gasteiger partial charge in [0.1, 0.15) is 4.88 Å². The number of likely N-dealkylation sites (N-methyl/N-ethyl adjacent to an activating group) is 1. The Hall–Kier alpha value is -1.10. The van der Waals surface area contributed by atoms with E-state index >= 15 is 0 Å². The number of rotatable bonds is 0. The summed E-state index contributed by atoms with van der Waals surface area (Å²) in [6.07, 6.45) is 0.825. The molecule has 0 unspecified atom stereocenters. The molecule has 1 aromatic heterocycles. The van der Waals surface area contributed by atoms with Crippen molar-refractivity contribution in [1.29, 1.82) is 0 Å². The second-order valence-corrected chi connectivity index (χ2v) is 3.84. The number of carbonyl (C=O) groups excluding carboxylic acids is 1. The molecule has 0 atom stereocenters. The van der Waals surface area contributed by atoms with Crippen LogP contribution in [0.5, 0.6) is 0 Å². The minimum absolute atomic E-state index is 0.0467. The topological polar surface area (TPSA) is 59.2 Å². The summed E-state index contributed by atoms with van der Waals surface area (Å²) in [5, 5.41) is 0.489. The first-order valence-electron chi connectivity index (χ1n) is 3.69. The van der Waals surface area contributed by atoms with Crippen LogP contribution in [-0.2, 0) is 6.42 Å². The highest BCUT2D eigenvalue weighted by atomic mass is 32.1. The normalized spacial score (nSPS) is 16.4. The van der Waals surface area contributed by atoms with Gasteiger partial charge in [0.2, 0.25) is 0 Å². The number of aromatic nitrogens is 1. The Bertz CT molecular complexity index is 333. The smallest absolute Gasteiger partial charge is 0.265 e. The maximum atomic E-state index is 11.5. The number of hydrogen-bond donors (Lipinski definition) is 1. The van der Waals surface area contributed by atoms with Crippen LogP contribution < -0.4 is 5.73 Å². The van der Waals surface area contributed by atoms with Crippen molar-refractivity contribution < 1.29 is 4.79 Å². The van der Waals surface area contributed by atoms with E-state index in [0.29, 0.717) is 10.0 Å². The molecule has 5 heteroatoms. The van der Waals surface area contributed by atoms with Crippen LogP contribution in [0.15, 0.2) is 0 Å². The van der Waals surface area contributed by atoms with Crippen molar-refractivity contribution >= 4 is 22.4 Å². The van der Waals surface area contributed by atoms with Gasteiger partial charge in [0.05, 0.1) is 5.69 Å². The van der Waals surface area contributed by atoms with E-state index in [4.69, 9.17) is 5.73 Å². The third-order valence-corrected chi connectivity index (χ3v) is 2.85. The Kier molecular flexibility index (Phi) is 1.54. The van der Waals surface area contributed by atoms with Gasteiger partial charge in [0.15, 0.2) is 5.13 Å². The molecule has 1 aliphatic heterocycles. The summed E-state index contributed by atoms with van der Waals surface area (Å²) in [6.45, 7) is 0.745. The lowest BCUT2D eigenvalue weighted by Gasteiger charge is -2.20. The maximum Gasteiger partial charge on any atom is 0.265 e. The van der Waals surface area contributed by atoms with Crippen molar-refractivity contribution in [3.63, 3.8) is 0 Å². The Morgan fingerprint density at radius 3 is 3.17 bits per heavy atom. The second-order valence-electron chi connectivity index (χ2n) is 2.80. The summed E-state index contributed by atoms with van der Waals surface area (Å²) in [5.74, 6) is 0.0467. The Labute approximate surface area is 74.0 Å². The number of fused-ring (bicyclic) bond motifs is 1. The zero-order valence-electron chi connectivity index (χ0n) is 6.70. The molecule has 0 spiro atoms. The second kappa shape index (κ2) is 2.45. The SMILES string of the molecule is CN1CCc2nc(N)sc2C1=O. The molecule has 0 saturated heterocycles. The van der Waals surface area contributed by atoms with Crippen LogP contribution in [0.3, 0.4) is 0 Å². The largest absolute Gasteiger partial charge is 0.375 e. The highest BCUT2D eigenvalue weighted by Crippen LogP contribution is 2.25. The van der Waals surface area contributed by atoms with E-state index in [-0.39, 0.29) is 5.91 Å². The van der Waals surface area contributed by atoms with E-state index in [1.807, 2.05) is 0 Å². The molecule has 4 nitrogen and oxygen atoms in total. The average molecular weight is 183 g/mol. The fourth-order valence-corrected chi connectivity index (χ4v) is 2.13. The van der Waals surface area contributed by atoms with E-state index in [1.165, 1.54) is 11.3 Å². The monoisotopic (exact) mass is 183 g/mol. The zero-order chi connectivity index (χ0) is 8.72. The fraction of sp³-hybridized carbons (Fsp3) is 0.429. The molecule has 1 amide bonds. The van der Waals surface area contributed by atoms with Gasteiger partial charge in [0.25, 0.3) is 5.91 Å². The lowest BCUT2D eigenvalue weighted by atomic mass is 10.2. The molecule has 0 radical (unpaired) electrons. The van der Waals surface area contributed by atoms with Gasteiger partial charge in [-0.25, -0.2) is 4.98 Å². The fourth-order valence-electron chi connectivity index (χ4n) is 1.26. The minimum Gasteiger partial charge on any atom is -0.375 e. The number of nitrogens with two attached hydrogens (primary N) is 1. The van der Waals surface area contributed by atoms with E-state index in [0.717, 1.165) is 18.7 Å². The van der Waals surface area contributed by atoms with Crippen molar-refractivity contribution in [2.45, 2.75) is 6.42 Å². The van der Waals surface area contributed by atoms with Gasteiger partial charge in [-0.05, 0) is 0 Å². The predicted molar refractivity (Wildman–Crippen MR) is 47.2 cm³/mol. The van der Waals surface area contributed by atoms with Gasteiger partial charge in [-0.3, -0.25) is 4.79 Å². The van der Waals surface area contributed by atoms with Crippen LogP contribution in [0.4, 0.5) is 5.13 Å². The number of nitrogen functional groups attached to an aromatic ring is 1. The molecule has 1 aliphatic rings. The van der Waals surface area contributed by atoms with Crippen molar-refractivity contribution in [3.8, 4) is 0 Å². The van der Waals surface area contributed by atoms with Crippen LogP contribution >= 0.6 is 11.3 Å². The van der Waals surface area contributed by atoms with Crippen molar-refractivity contribution in [2.75, 3.05) is 19.3 Å². The predicted octanol–water partition coefficient (Wildman–Crippen LogP) is 0.353. The first-order valence-corrected chi connectivity index (χ1v) is 4.51. The zero-order valence-corrected chi connectivity index (χ0v) is 7.52. The Morgan fingerprint density at radius 2 is 2.42 bits per heavy atom. The molecule has 0 saturated carbocycles. The lowest BCUT2D eigenvalue weighted by molar-refractivity contribution is 0.0785. The van der Waals surface area contributed by atoms with Crippen molar-refractivity contribution in [2.24, 2.45) is 0 Å². The standard InChI is InChI=1S/C7H9N3OS/c1-10-3-2-4-5(6(10)11)12-7(8)9-4/h2-3H2,1H3,(H2,8,9).